The Morgan fingerprint density at radius 2 is 1.83 bits per heavy atom. The largest absolute Gasteiger partial charge is 0.491 e. The topological polar surface area (TPSA) is 105 Å². The highest BCUT2D eigenvalue weighted by Crippen LogP contribution is 2.45. The summed E-state index contributed by atoms with van der Waals surface area (Å²) in [6.45, 7) is 7.10. The van der Waals surface area contributed by atoms with Gasteiger partial charge in [0, 0.05) is 16.8 Å². The van der Waals surface area contributed by atoms with E-state index in [1.807, 2.05) is 61.5 Å². The maximum absolute atomic E-state index is 13.0. The number of amides is 2. The van der Waals surface area contributed by atoms with Crippen molar-refractivity contribution in [1.29, 1.82) is 0 Å². The molecule has 184 valence electrons. The molecular formula is C28H30N6O2. The number of tetrazole rings is 1. The highest BCUT2D eigenvalue weighted by atomic mass is 16.5. The van der Waals surface area contributed by atoms with Gasteiger partial charge in [0.2, 0.25) is 0 Å². The van der Waals surface area contributed by atoms with Crippen molar-refractivity contribution in [1.82, 2.24) is 20.6 Å². The molecule has 0 saturated heterocycles. The molecule has 36 heavy (non-hydrogen) atoms. The SMILES string of the molecule is Cc1ccc(NC(=O)Nc2cc(-c3ccccc3-c3nnn[nH]3)cc3c2OCCCC3C(C)C)cc1. The van der Waals surface area contributed by atoms with E-state index in [9.17, 15) is 4.79 Å². The van der Waals surface area contributed by atoms with E-state index in [1.165, 1.54) is 0 Å². The minimum absolute atomic E-state index is 0.308. The van der Waals surface area contributed by atoms with Crippen LogP contribution in [0, 0.1) is 12.8 Å². The van der Waals surface area contributed by atoms with Crippen molar-refractivity contribution < 1.29 is 9.53 Å². The molecule has 3 aromatic carbocycles. The fourth-order valence-electron chi connectivity index (χ4n) is 4.80. The zero-order valence-electron chi connectivity index (χ0n) is 20.7. The molecule has 0 bridgehead atoms. The molecule has 2 amide bonds. The van der Waals surface area contributed by atoms with Crippen LogP contribution in [0.1, 0.15) is 43.7 Å². The Labute approximate surface area is 210 Å². The van der Waals surface area contributed by atoms with Crippen molar-refractivity contribution in [2.75, 3.05) is 17.2 Å². The molecule has 0 aliphatic carbocycles. The van der Waals surface area contributed by atoms with E-state index in [0.29, 0.717) is 30.0 Å². The monoisotopic (exact) mass is 482 g/mol. The average Bonchev–Trinajstić information content (AvgIpc) is 3.32. The number of nitrogens with one attached hydrogen (secondary N) is 3. The first kappa shape index (κ1) is 23.5. The molecule has 2 heterocycles. The molecule has 1 atom stereocenters. The Morgan fingerprint density at radius 1 is 1.06 bits per heavy atom. The van der Waals surface area contributed by atoms with E-state index in [1.54, 1.807) is 0 Å². The van der Waals surface area contributed by atoms with Gasteiger partial charge in [-0.1, -0.05) is 55.8 Å². The lowest BCUT2D eigenvalue weighted by Gasteiger charge is -2.24. The summed E-state index contributed by atoms with van der Waals surface area (Å²) >= 11 is 0. The van der Waals surface area contributed by atoms with Crippen molar-refractivity contribution in [3.8, 4) is 28.3 Å². The standard InChI is InChI=1S/C28H30N6O2/c1-17(2)21-9-6-14-36-26-24(21)15-19(22-7-4-5-8-23(22)27-31-33-34-32-27)16-25(26)30-28(35)29-20-12-10-18(3)11-13-20/h4-5,7-8,10-13,15-17,21H,6,9,14H2,1-3H3,(H2,29,30,35)(H,31,32,33,34). The summed E-state index contributed by atoms with van der Waals surface area (Å²) in [4.78, 5) is 13.0. The second kappa shape index (κ2) is 10.2. The third-order valence-corrected chi connectivity index (χ3v) is 6.62. The number of fused-ring (bicyclic) bond motifs is 1. The first-order valence-corrected chi connectivity index (χ1v) is 12.3. The fourth-order valence-corrected chi connectivity index (χ4v) is 4.80. The first-order valence-electron chi connectivity index (χ1n) is 12.3. The van der Waals surface area contributed by atoms with Crippen LogP contribution in [0.2, 0.25) is 0 Å². The predicted octanol–water partition coefficient (Wildman–Crippen LogP) is 6.40. The Bertz CT molecular complexity index is 1350. The summed E-state index contributed by atoms with van der Waals surface area (Å²) in [5, 5.41) is 20.5. The molecule has 4 aromatic rings. The lowest BCUT2D eigenvalue weighted by atomic mass is 9.83. The van der Waals surface area contributed by atoms with Gasteiger partial charge in [0.05, 0.1) is 12.3 Å². The molecular weight excluding hydrogens is 452 g/mol. The van der Waals surface area contributed by atoms with Gasteiger partial charge >= 0.3 is 6.03 Å². The Hall–Kier alpha value is -4.20. The van der Waals surface area contributed by atoms with Gasteiger partial charge in [-0.15, -0.1) is 5.10 Å². The zero-order chi connectivity index (χ0) is 25.1. The number of carbonyl (C=O) groups is 1. The number of aromatic nitrogens is 4. The van der Waals surface area contributed by atoms with Gasteiger partial charge in [-0.2, -0.15) is 0 Å². The number of aromatic amines is 1. The quantitative estimate of drug-likeness (QED) is 0.305. The van der Waals surface area contributed by atoms with Crippen molar-refractivity contribution >= 4 is 17.4 Å². The van der Waals surface area contributed by atoms with Gasteiger partial charge in [-0.25, -0.2) is 9.89 Å². The molecule has 5 rings (SSSR count). The second-order valence-corrected chi connectivity index (χ2v) is 9.52. The second-order valence-electron chi connectivity index (χ2n) is 9.52. The summed E-state index contributed by atoms with van der Waals surface area (Å²) in [5.41, 5.74) is 6.42. The van der Waals surface area contributed by atoms with Gasteiger partial charge in [-0.3, -0.25) is 0 Å². The van der Waals surface area contributed by atoms with Crippen molar-refractivity contribution in [3.63, 3.8) is 0 Å². The fraction of sp³-hybridized carbons (Fsp3) is 0.286. The minimum Gasteiger partial charge on any atom is -0.491 e. The van der Waals surface area contributed by atoms with Crippen LogP contribution in [-0.4, -0.2) is 33.3 Å². The highest BCUT2D eigenvalue weighted by Gasteiger charge is 2.27. The van der Waals surface area contributed by atoms with Crippen molar-refractivity contribution in [2.24, 2.45) is 5.92 Å². The van der Waals surface area contributed by atoms with Crippen molar-refractivity contribution in [2.45, 2.75) is 39.5 Å². The molecule has 1 aliphatic heterocycles. The van der Waals surface area contributed by atoms with Crippen LogP contribution >= 0.6 is 0 Å². The number of nitrogens with zero attached hydrogens (tertiary/aromatic N) is 3. The summed E-state index contributed by atoms with van der Waals surface area (Å²) in [7, 11) is 0. The number of ether oxygens (including phenoxy) is 1. The zero-order valence-corrected chi connectivity index (χ0v) is 20.7. The summed E-state index contributed by atoms with van der Waals surface area (Å²) in [6.07, 6.45) is 1.99. The third-order valence-electron chi connectivity index (χ3n) is 6.62. The number of hydrogen-bond acceptors (Lipinski definition) is 5. The van der Waals surface area contributed by atoms with E-state index in [2.05, 4.69) is 51.2 Å². The van der Waals surface area contributed by atoms with E-state index in [0.717, 1.165) is 52.1 Å². The Kier molecular flexibility index (Phi) is 6.66. The maximum Gasteiger partial charge on any atom is 0.323 e. The van der Waals surface area contributed by atoms with Crippen LogP contribution in [0.15, 0.2) is 60.7 Å². The van der Waals surface area contributed by atoms with E-state index >= 15 is 0 Å². The first-order chi connectivity index (χ1) is 17.5. The van der Waals surface area contributed by atoms with E-state index < -0.39 is 0 Å². The van der Waals surface area contributed by atoms with Gasteiger partial charge in [-0.05, 0) is 77.4 Å². The molecule has 3 N–H and O–H groups in total. The van der Waals surface area contributed by atoms with Gasteiger partial charge < -0.3 is 15.4 Å². The smallest absolute Gasteiger partial charge is 0.323 e. The number of carbonyl (C=O) groups excluding carboxylic acids is 1. The summed E-state index contributed by atoms with van der Waals surface area (Å²) in [6, 6.07) is 19.5. The average molecular weight is 483 g/mol. The van der Waals surface area contributed by atoms with Crippen LogP contribution < -0.4 is 15.4 Å². The highest BCUT2D eigenvalue weighted by molar-refractivity contribution is 6.01. The van der Waals surface area contributed by atoms with Crippen LogP contribution in [0.25, 0.3) is 22.5 Å². The molecule has 0 radical (unpaired) electrons. The molecule has 0 fully saturated rings. The van der Waals surface area contributed by atoms with E-state index in [4.69, 9.17) is 4.74 Å². The number of urea groups is 1. The predicted molar refractivity (Wildman–Crippen MR) is 141 cm³/mol. The number of benzene rings is 3. The lowest BCUT2D eigenvalue weighted by molar-refractivity contribution is 0.262. The maximum atomic E-state index is 13.0. The molecule has 8 heteroatoms. The molecule has 8 nitrogen and oxygen atoms in total. The van der Waals surface area contributed by atoms with Crippen LogP contribution in [0.5, 0.6) is 5.75 Å². The number of anilines is 2. The lowest BCUT2D eigenvalue weighted by Crippen LogP contribution is -2.20. The number of H-pyrrole nitrogens is 1. The number of aryl methyl sites for hydroxylation is 1. The summed E-state index contributed by atoms with van der Waals surface area (Å²) < 4.78 is 6.24. The minimum atomic E-state index is -0.320. The molecule has 0 spiro atoms. The Morgan fingerprint density at radius 3 is 2.56 bits per heavy atom. The van der Waals surface area contributed by atoms with Gasteiger partial charge in [0.1, 0.15) is 5.75 Å². The third kappa shape index (κ3) is 4.93. The van der Waals surface area contributed by atoms with Crippen LogP contribution in [0.4, 0.5) is 16.2 Å². The molecule has 1 aliphatic rings. The van der Waals surface area contributed by atoms with E-state index in [-0.39, 0.29) is 6.03 Å². The van der Waals surface area contributed by atoms with Crippen LogP contribution in [0.3, 0.4) is 0 Å². The summed E-state index contributed by atoms with van der Waals surface area (Å²) in [5.74, 6) is 2.06. The van der Waals surface area contributed by atoms with Crippen LogP contribution in [-0.2, 0) is 0 Å². The molecule has 1 aromatic heterocycles. The molecule has 0 saturated carbocycles. The number of rotatable bonds is 5. The van der Waals surface area contributed by atoms with Gasteiger partial charge in [0.25, 0.3) is 0 Å². The van der Waals surface area contributed by atoms with Crippen molar-refractivity contribution in [3.05, 3.63) is 71.8 Å². The normalized spacial score (nSPS) is 15.1. The number of hydrogen-bond donors (Lipinski definition) is 3. The van der Waals surface area contributed by atoms with Gasteiger partial charge in [0.15, 0.2) is 5.82 Å². The molecule has 1 unspecified atom stereocenters. The Balaban J connectivity index is 1.59.